The van der Waals surface area contributed by atoms with Crippen molar-refractivity contribution in [3.63, 3.8) is 0 Å². The second kappa shape index (κ2) is 27.6. The summed E-state index contributed by atoms with van der Waals surface area (Å²) in [5, 5.41) is 0. The van der Waals surface area contributed by atoms with Crippen molar-refractivity contribution in [3.8, 4) is 0 Å². The van der Waals surface area contributed by atoms with E-state index >= 15 is 0 Å². The molecule has 0 aromatic heterocycles. The van der Waals surface area contributed by atoms with Gasteiger partial charge in [-0.2, -0.15) is 0 Å². The van der Waals surface area contributed by atoms with E-state index in [1.807, 2.05) is 97.2 Å². The summed E-state index contributed by atoms with van der Waals surface area (Å²) < 4.78 is 0. The third kappa shape index (κ3) is 26.6. The van der Waals surface area contributed by atoms with Crippen molar-refractivity contribution in [2.24, 2.45) is 0 Å². The molecule has 0 aromatic rings. The van der Waals surface area contributed by atoms with Crippen LogP contribution < -0.4 is 0 Å². The molecule has 0 aliphatic rings. The molecule has 0 bridgehead atoms. The van der Waals surface area contributed by atoms with Crippen LogP contribution in [-0.2, 0) is 0 Å². The fraction of sp³-hybridized carbons (Fsp3) is 0.188. The maximum Gasteiger partial charge on any atom is -0.0313 e. The van der Waals surface area contributed by atoms with Crippen molar-refractivity contribution in [3.05, 3.63) is 158 Å². The number of unbranched alkanes of at least 4 members (excludes halogenated alkanes) is 2. The van der Waals surface area contributed by atoms with Crippen LogP contribution >= 0.6 is 0 Å². The molecule has 0 heteroatoms. The first-order valence-corrected chi connectivity index (χ1v) is 11.5. The quantitative estimate of drug-likeness (QED) is 0.131. The lowest BCUT2D eigenvalue weighted by molar-refractivity contribution is 1.05. The highest BCUT2D eigenvalue weighted by Gasteiger charge is 1.73. The highest BCUT2D eigenvalue weighted by molar-refractivity contribution is 5.22. The largest absolute Gasteiger partial charge is 0.0917 e. The first-order valence-electron chi connectivity index (χ1n) is 11.5. The van der Waals surface area contributed by atoms with E-state index in [1.54, 1.807) is 0 Å². The second-order valence-corrected chi connectivity index (χ2v) is 6.61. The molecule has 0 rings (SSSR count). The number of rotatable bonds is 16. The zero-order valence-corrected chi connectivity index (χ0v) is 19.8. The van der Waals surface area contributed by atoms with E-state index < -0.39 is 0 Å². The maximum atomic E-state index is 2.18. The van der Waals surface area contributed by atoms with E-state index in [0.29, 0.717) is 0 Å². The Morgan fingerprint density at radius 1 is 0.250 bits per heavy atom. The predicted molar refractivity (Wildman–Crippen MR) is 149 cm³/mol. The molecule has 0 unspecified atom stereocenters. The van der Waals surface area contributed by atoms with Gasteiger partial charge in [-0.15, -0.1) is 0 Å². The first kappa shape index (κ1) is 28.6. The van der Waals surface area contributed by atoms with Crippen molar-refractivity contribution < 1.29 is 0 Å². The summed E-state index contributed by atoms with van der Waals surface area (Å²) in [6, 6.07) is 0. The van der Waals surface area contributed by atoms with Gasteiger partial charge in [-0.1, -0.05) is 158 Å². The Hall–Kier alpha value is -3.38. The number of hydrogen-bond donors (Lipinski definition) is 0. The average Bonchev–Trinajstić information content (AvgIpc) is 2.81. The van der Waals surface area contributed by atoms with Crippen molar-refractivity contribution in [2.45, 2.75) is 39.5 Å². The molecule has 32 heavy (non-hydrogen) atoms. The lowest BCUT2D eigenvalue weighted by Crippen LogP contribution is -1.62. The van der Waals surface area contributed by atoms with E-state index in [1.165, 1.54) is 0 Å². The summed E-state index contributed by atoms with van der Waals surface area (Å²) in [5.74, 6) is 0. The molecule has 0 aliphatic carbocycles. The first-order chi connectivity index (χ1) is 15.9. The smallest absolute Gasteiger partial charge is 0.0313 e. The number of allylic oxidation sites excluding steroid dienone is 26. The van der Waals surface area contributed by atoms with Gasteiger partial charge in [0, 0.05) is 0 Å². The van der Waals surface area contributed by atoms with E-state index in [4.69, 9.17) is 0 Å². The van der Waals surface area contributed by atoms with Crippen LogP contribution in [0.2, 0.25) is 0 Å². The zero-order chi connectivity index (χ0) is 23.2. The standard InChI is InChI=1S/C32H40/c1-3-5-7-9-11-13-15-17-19-21-23-25-27-29-31-32-30-28-26-24-22-20-18-16-14-12-10-8-6-4-2/h3-6,11-32H,7-10H2,1-2H3. The Morgan fingerprint density at radius 2 is 0.438 bits per heavy atom. The summed E-state index contributed by atoms with van der Waals surface area (Å²) in [6.45, 7) is 4.10. The normalized spacial score (nSPS) is 14.7. The Bertz CT molecular complexity index is 723. The van der Waals surface area contributed by atoms with Gasteiger partial charge in [-0.05, 0) is 39.5 Å². The van der Waals surface area contributed by atoms with Crippen LogP contribution in [0.5, 0.6) is 0 Å². The molecule has 0 aromatic carbocycles. The fourth-order valence-corrected chi connectivity index (χ4v) is 2.22. The summed E-state index contributed by atoms with van der Waals surface area (Å²) in [7, 11) is 0. The highest BCUT2D eigenvalue weighted by Crippen LogP contribution is 1.94. The monoisotopic (exact) mass is 424 g/mol. The summed E-state index contributed by atoms with van der Waals surface area (Å²) in [5.41, 5.74) is 0. The van der Waals surface area contributed by atoms with E-state index in [0.717, 1.165) is 25.7 Å². The second-order valence-electron chi connectivity index (χ2n) is 6.61. The minimum absolute atomic E-state index is 1.09. The van der Waals surface area contributed by atoms with Gasteiger partial charge >= 0.3 is 0 Å². The third-order valence-electron chi connectivity index (χ3n) is 3.85. The van der Waals surface area contributed by atoms with Crippen molar-refractivity contribution in [2.75, 3.05) is 0 Å². The van der Waals surface area contributed by atoms with Crippen LogP contribution in [0.1, 0.15) is 39.5 Å². The molecule has 0 heterocycles. The van der Waals surface area contributed by atoms with Gasteiger partial charge in [0.15, 0.2) is 0 Å². The molecule has 0 aliphatic heterocycles. The molecule has 0 nitrogen and oxygen atoms in total. The Labute approximate surface area is 197 Å². The molecule has 0 radical (unpaired) electrons. The van der Waals surface area contributed by atoms with Crippen molar-refractivity contribution in [1.29, 1.82) is 0 Å². The Kier molecular flexibility index (Phi) is 24.7. The maximum absolute atomic E-state index is 2.18. The lowest BCUT2D eigenvalue weighted by atomic mass is 10.2. The molecule has 0 amide bonds. The van der Waals surface area contributed by atoms with Crippen LogP contribution in [0.4, 0.5) is 0 Å². The zero-order valence-electron chi connectivity index (χ0n) is 19.8. The van der Waals surface area contributed by atoms with E-state index in [9.17, 15) is 0 Å². The van der Waals surface area contributed by atoms with Crippen molar-refractivity contribution >= 4 is 0 Å². The number of hydrogen-bond acceptors (Lipinski definition) is 0. The van der Waals surface area contributed by atoms with Crippen LogP contribution in [0.25, 0.3) is 0 Å². The molecular weight excluding hydrogens is 384 g/mol. The van der Waals surface area contributed by atoms with Gasteiger partial charge in [0.2, 0.25) is 0 Å². The van der Waals surface area contributed by atoms with Gasteiger partial charge in [0.05, 0.1) is 0 Å². The average molecular weight is 425 g/mol. The van der Waals surface area contributed by atoms with Gasteiger partial charge in [-0.25, -0.2) is 0 Å². The van der Waals surface area contributed by atoms with Crippen LogP contribution in [0.15, 0.2) is 158 Å². The summed E-state index contributed by atoms with van der Waals surface area (Å²) in [4.78, 5) is 0. The van der Waals surface area contributed by atoms with Gasteiger partial charge in [-0.3, -0.25) is 0 Å². The lowest BCUT2D eigenvalue weighted by Gasteiger charge is -1.82. The molecule has 0 saturated carbocycles. The molecule has 0 saturated heterocycles. The highest BCUT2D eigenvalue weighted by atomic mass is 13.8. The van der Waals surface area contributed by atoms with Gasteiger partial charge < -0.3 is 0 Å². The van der Waals surface area contributed by atoms with Gasteiger partial charge in [0.1, 0.15) is 0 Å². The minimum Gasteiger partial charge on any atom is -0.0917 e. The topological polar surface area (TPSA) is 0 Å². The summed E-state index contributed by atoms with van der Waals surface area (Å²) in [6.07, 6.45) is 57.9. The molecular formula is C32H40. The van der Waals surface area contributed by atoms with Gasteiger partial charge in [0.25, 0.3) is 0 Å². The SMILES string of the molecule is CC=CCCC=CC=CC=CC=CC=CC=CC=CC=CC=CC=CC=CCCC=CC. The molecule has 0 N–H and O–H groups in total. The minimum atomic E-state index is 1.09. The molecule has 168 valence electrons. The van der Waals surface area contributed by atoms with Crippen molar-refractivity contribution in [1.82, 2.24) is 0 Å². The van der Waals surface area contributed by atoms with Crippen LogP contribution in [0.3, 0.4) is 0 Å². The van der Waals surface area contributed by atoms with E-state index in [-0.39, 0.29) is 0 Å². The Morgan fingerprint density at radius 3 is 0.656 bits per heavy atom. The molecule has 0 fully saturated rings. The molecule has 0 spiro atoms. The van der Waals surface area contributed by atoms with Crippen LogP contribution in [-0.4, -0.2) is 0 Å². The van der Waals surface area contributed by atoms with Crippen LogP contribution in [0, 0.1) is 0 Å². The predicted octanol–water partition coefficient (Wildman–Crippen LogP) is 9.82. The van der Waals surface area contributed by atoms with E-state index in [2.05, 4.69) is 74.6 Å². The molecule has 0 atom stereocenters. The fourth-order valence-electron chi connectivity index (χ4n) is 2.22. The third-order valence-corrected chi connectivity index (χ3v) is 3.85. The Balaban J connectivity index is 3.89. The summed E-state index contributed by atoms with van der Waals surface area (Å²) >= 11 is 0.